The van der Waals surface area contributed by atoms with Crippen molar-refractivity contribution in [2.75, 3.05) is 4.90 Å². The molecule has 0 saturated heterocycles. The molecule has 3 rings (SSSR count). The zero-order valence-electron chi connectivity index (χ0n) is 10.9. The SMILES string of the molecule is CC(=O)N1c2ccc(Cl)cc2CC(Br)c2ccccc21. The highest BCUT2D eigenvalue weighted by molar-refractivity contribution is 9.09. The molecule has 2 aromatic rings. The van der Waals surface area contributed by atoms with Crippen molar-refractivity contribution in [3.63, 3.8) is 0 Å². The molecule has 2 nitrogen and oxygen atoms in total. The van der Waals surface area contributed by atoms with E-state index in [4.69, 9.17) is 11.6 Å². The standard InChI is InChI=1S/C16H13BrClNO/c1-10(20)19-15-7-6-12(18)8-11(15)9-14(17)13-4-2-3-5-16(13)19/h2-8,14H,9H2,1H3. The van der Waals surface area contributed by atoms with Gasteiger partial charge in [-0.15, -0.1) is 0 Å². The molecule has 1 atom stereocenters. The molecular weight excluding hydrogens is 338 g/mol. The van der Waals surface area contributed by atoms with E-state index in [0.29, 0.717) is 5.02 Å². The number of carbonyl (C=O) groups excluding carboxylic acids is 1. The third-order valence-electron chi connectivity index (χ3n) is 3.51. The molecule has 0 N–H and O–H groups in total. The van der Waals surface area contributed by atoms with E-state index in [9.17, 15) is 4.79 Å². The molecule has 0 aromatic heterocycles. The summed E-state index contributed by atoms with van der Waals surface area (Å²) in [5.74, 6) is 0.00243. The van der Waals surface area contributed by atoms with Gasteiger partial charge in [-0.2, -0.15) is 0 Å². The first kappa shape index (κ1) is 13.7. The predicted octanol–water partition coefficient (Wildman–Crippen LogP) is 5.02. The van der Waals surface area contributed by atoms with Crippen molar-refractivity contribution in [2.45, 2.75) is 18.2 Å². The number of alkyl halides is 1. The summed E-state index contributed by atoms with van der Waals surface area (Å²) in [6.45, 7) is 1.59. The van der Waals surface area contributed by atoms with E-state index >= 15 is 0 Å². The molecular formula is C16H13BrClNO. The molecule has 4 heteroatoms. The van der Waals surface area contributed by atoms with Crippen molar-refractivity contribution < 1.29 is 4.79 Å². The van der Waals surface area contributed by atoms with Crippen LogP contribution in [0.5, 0.6) is 0 Å². The van der Waals surface area contributed by atoms with E-state index in [1.54, 1.807) is 11.8 Å². The van der Waals surface area contributed by atoms with Crippen molar-refractivity contribution in [3.8, 4) is 0 Å². The third-order valence-corrected chi connectivity index (χ3v) is 4.56. The minimum absolute atomic E-state index is 0.00243. The van der Waals surface area contributed by atoms with Gasteiger partial charge in [-0.3, -0.25) is 9.69 Å². The first-order chi connectivity index (χ1) is 9.58. The van der Waals surface area contributed by atoms with Crippen molar-refractivity contribution in [1.29, 1.82) is 0 Å². The lowest BCUT2D eigenvalue weighted by molar-refractivity contribution is -0.115. The maximum Gasteiger partial charge on any atom is 0.228 e. The Hall–Kier alpha value is -1.32. The summed E-state index contributed by atoms with van der Waals surface area (Å²) in [6, 6.07) is 13.7. The molecule has 0 fully saturated rings. The Morgan fingerprint density at radius 2 is 2.00 bits per heavy atom. The summed E-state index contributed by atoms with van der Waals surface area (Å²) in [5.41, 5.74) is 4.04. The number of nitrogens with zero attached hydrogens (tertiary/aromatic N) is 1. The van der Waals surface area contributed by atoms with Crippen LogP contribution in [0.15, 0.2) is 42.5 Å². The van der Waals surface area contributed by atoms with Gasteiger partial charge in [0.05, 0.1) is 11.4 Å². The average molecular weight is 351 g/mol. The Labute approximate surface area is 131 Å². The van der Waals surface area contributed by atoms with Gasteiger partial charge in [0.1, 0.15) is 0 Å². The molecule has 0 saturated carbocycles. The number of rotatable bonds is 0. The van der Waals surface area contributed by atoms with E-state index in [2.05, 4.69) is 22.0 Å². The summed E-state index contributed by atoms with van der Waals surface area (Å²) in [4.78, 5) is 14.1. The topological polar surface area (TPSA) is 20.3 Å². The zero-order chi connectivity index (χ0) is 14.3. The minimum Gasteiger partial charge on any atom is -0.281 e. The molecule has 1 heterocycles. The predicted molar refractivity (Wildman–Crippen MR) is 86.1 cm³/mol. The first-order valence-electron chi connectivity index (χ1n) is 6.40. The second kappa shape index (κ2) is 5.23. The quantitative estimate of drug-likeness (QED) is 0.611. The molecule has 1 unspecified atom stereocenters. The maximum atomic E-state index is 12.1. The highest BCUT2D eigenvalue weighted by Gasteiger charge is 2.27. The number of anilines is 2. The van der Waals surface area contributed by atoms with Gasteiger partial charge in [-0.05, 0) is 41.8 Å². The molecule has 1 aliphatic heterocycles. The molecule has 20 heavy (non-hydrogen) atoms. The summed E-state index contributed by atoms with van der Waals surface area (Å²) in [5, 5.41) is 0.693. The Bertz CT molecular complexity index is 686. The van der Waals surface area contributed by atoms with Gasteiger partial charge in [0.25, 0.3) is 0 Å². The summed E-state index contributed by atoms with van der Waals surface area (Å²) >= 11 is 9.82. The number of fused-ring (bicyclic) bond motifs is 2. The highest BCUT2D eigenvalue weighted by atomic mass is 79.9. The Balaban J connectivity index is 2.28. The monoisotopic (exact) mass is 349 g/mol. The molecule has 1 amide bonds. The Morgan fingerprint density at radius 1 is 1.25 bits per heavy atom. The first-order valence-corrected chi connectivity index (χ1v) is 7.69. The maximum absolute atomic E-state index is 12.1. The minimum atomic E-state index is 0.00243. The van der Waals surface area contributed by atoms with Gasteiger partial charge in [0, 0.05) is 16.8 Å². The number of halogens is 2. The number of hydrogen-bond donors (Lipinski definition) is 0. The van der Waals surface area contributed by atoms with Crippen molar-refractivity contribution >= 4 is 44.8 Å². The Morgan fingerprint density at radius 3 is 2.75 bits per heavy atom. The molecule has 2 aromatic carbocycles. The van der Waals surface area contributed by atoms with Crippen molar-refractivity contribution in [1.82, 2.24) is 0 Å². The van der Waals surface area contributed by atoms with Crippen LogP contribution in [-0.4, -0.2) is 5.91 Å². The second-order valence-electron chi connectivity index (χ2n) is 4.86. The molecule has 1 aliphatic rings. The second-order valence-corrected chi connectivity index (χ2v) is 6.40. The zero-order valence-corrected chi connectivity index (χ0v) is 13.3. The molecule has 0 aliphatic carbocycles. The van der Waals surface area contributed by atoms with Gasteiger partial charge in [-0.1, -0.05) is 45.7 Å². The van der Waals surface area contributed by atoms with Crippen LogP contribution in [0.25, 0.3) is 0 Å². The van der Waals surface area contributed by atoms with Crippen molar-refractivity contribution in [2.24, 2.45) is 0 Å². The molecule has 0 spiro atoms. The van der Waals surface area contributed by atoms with E-state index in [1.807, 2.05) is 36.4 Å². The third kappa shape index (κ3) is 2.25. The molecule has 0 bridgehead atoms. The number of hydrogen-bond acceptors (Lipinski definition) is 1. The van der Waals surface area contributed by atoms with E-state index in [-0.39, 0.29) is 10.7 Å². The van der Waals surface area contributed by atoms with Crippen LogP contribution in [0.1, 0.15) is 22.9 Å². The van der Waals surface area contributed by atoms with Crippen LogP contribution in [0, 0.1) is 0 Å². The average Bonchev–Trinajstić information content (AvgIpc) is 2.53. The van der Waals surface area contributed by atoms with Crippen LogP contribution in [0.3, 0.4) is 0 Å². The van der Waals surface area contributed by atoms with Gasteiger partial charge < -0.3 is 0 Å². The number of para-hydroxylation sites is 1. The van der Waals surface area contributed by atoms with Gasteiger partial charge in [-0.25, -0.2) is 0 Å². The number of benzene rings is 2. The number of amides is 1. The van der Waals surface area contributed by atoms with Crippen LogP contribution in [0.2, 0.25) is 5.02 Å². The van der Waals surface area contributed by atoms with Crippen LogP contribution in [-0.2, 0) is 11.2 Å². The van der Waals surface area contributed by atoms with Crippen molar-refractivity contribution in [3.05, 3.63) is 58.6 Å². The van der Waals surface area contributed by atoms with E-state index < -0.39 is 0 Å². The molecule has 102 valence electrons. The lowest BCUT2D eigenvalue weighted by atomic mass is 10.0. The van der Waals surface area contributed by atoms with E-state index in [0.717, 1.165) is 28.9 Å². The largest absolute Gasteiger partial charge is 0.281 e. The lowest BCUT2D eigenvalue weighted by Crippen LogP contribution is -2.23. The fraction of sp³-hybridized carbons (Fsp3) is 0.188. The van der Waals surface area contributed by atoms with Crippen LogP contribution >= 0.6 is 27.5 Å². The van der Waals surface area contributed by atoms with Crippen LogP contribution < -0.4 is 4.90 Å². The Kier molecular flexibility index (Phi) is 3.57. The lowest BCUT2D eigenvalue weighted by Gasteiger charge is -2.23. The van der Waals surface area contributed by atoms with Crippen LogP contribution in [0.4, 0.5) is 11.4 Å². The summed E-state index contributed by atoms with van der Waals surface area (Å²) in [7, 11) is 0. The fourth-order valence-corrected chi connectivity index (χ4v) is 3.59. The van der Waals surface area contributed by atoms with Gasteiger partial charge in [0.2, 0.25) is 5.91 Å². The van der Waals surface area contributed by atoms with Gasteiger partial charge in [0.15, 0.2) is 0 Å². The number of carbonyl (C=O) groups is 1. The summed E-state index contributed by atoms with van der Waals surface area (Å²) < 4.78 is 0. The summed E-state index contributed by atoms with van der Waals surface area (Å²) in [6.07, 6.45) is 0.802. The fourth-order valence-electron chi connectivity index (χ4n) is 2.66. The van der Waals surface area contributed by atoms with E-state index in [1.165, 1.54) is 0 Å². The molecule has 0 radical (unpaired) electrons. The normalized spacial score (nSPS) is 17.1. The smallest absolute Gasteiger partial charge is 0.228 e. The van der Waals surface area contributed by atoms with Gasteiger partial charge >= 0.3 is 0 Å². The highest BCUT2D eigenvalue weighted by Crippen LogP contribution is 2.43.